The Morgan fingerprint density at radius 2 is 1.72 bits per heavy atom. The summed E-state index contributed by atoms with van der Waals surface area (Å²) in [7, 11) is 0. The third-order valence-corrected chi connectivity index (χ3v) is 3.48. The Morgan fingerprint density at radius 3 is 2.17 bits per heavy atom. The van der Waals surface area contributed by atoms with Gasteiger partial charge < -0.3 is 5.11 Å². The van der Waals surface area contributed by atoms with Crippen LogP contribution >= 0.6 is 11.8 Å². The summed E-state index contributed by atoms with van der Waals surface area (Å²) in [6.45, 7) is 5.76. The third kappa shape index (κ3) is 4.53. The zero-order valence-electron chi connectivity index (χ0n) is 10.8. The molecule has 0 aromatic heterocycles. The summed E-state index contributed by atoms with van der Waals surface area (Å²) in [5.74, 6) is -1.69. The van der Waals surface area contributed by atoms with Crippen LogP contribution in [0, 0.1) is 5.92 Å². The number of carboxylic acid groups (broad SMARTS) is 1. The van der Waals surface area contributed by atoms with Crippen LogP contribution in [-0.4, -0.2) is 22.1 Å². The number of ketones is 1. The molecule has 18 heavy (non-hydrogen) atoms. The summed E-state index contributed by atoms with van der Waals surface area (Å²) in [6, 6.07) is 7.34. The van der Waals surface area contributed by atoms with Gasteiger partial charge in [0.1, 0.15) is 0 Å². The van der Waals surface area contributed by atoms with Crippen molar-refractivity contribution < 1.29 is 14.7 Å². The molecule has 0 saturated heterocycles. The quantitative estimate of drug-likeness (QED) is 0.632. The Bertz CT molecular complexity index is 423. The van der Waals surface area contributed by atoms with E-state index in [0.29, 0.717) is 10.8 Å². The van der Waals surface area contributed by atoms with Crippen LogP contribution in [-0.2, 0) is 4.79 Å². The van der Waals surface area contributed by atoms with Crippen molar-refractivity contribution in [2.24, 2.45) is 5.92 Å². The molecule has 1 aromatic rings. The van der Waals surface area contributed by atoms with Gasteiger partial charge in [0, 0.05) is 22.1 Å². The van der Waals surface area contributed by atoms with Crippen LogP contribution in [0.15, 0.2) is 29.2 Å². The van der Waals surface area contributed by atoms with Crippen molar-refractivity contribution in [1.29, 1.82) is 0 Å². The van der Waals surface area contributed by atoms with Gasteiger partial charge >= 0.3 is 5.97 Å². The maximum atomic E-state index is 11.8. The molecule has 0 aliphatic carbocycles. The van der Waals surface area contributed by atoms with E-state index in [1.807, 2.05) is 12.1 Å². The highest BCUT2D eigenvalue weighted by molar-refractivity contribution is 7.99. The van der Waals surface area contributed by atoms with Crippen LogP contribution in [0.2, 0.25) is 0 Å². The van der Waals surface area contributed by atoms with Crippen molar-refractivity contribution in [3.8, 4) is 0 Å². The van der Waals surface area contributed by atoms with Gasteiger partial charge in [-0.2, -0.15) is 0 Å². The van der Waals surface area contributed by atoms with Gasteiger partial charge in [-0.15, -0.1) is 11.8 Å². The molecule has 98 valence electrons. The summed E-state index contributed by atoms with van der Waals surface area (Å²) in [5, 5.41) is 9.26. The van der Waals surface area contributed by atoms with Gasteiger partial charge in [0.15, 0.2) is 5.78 Å². The number of thioether (sulfide) groups is 1. The van der Waals surface area contributed by atoms with E-state index < -0.39 is 11.9 Å². The summed E-state index contributed by atoms with van der Waals surface area (Å²) in [4.78, 5) is 23.6. The van der Waals surface area contributed by atoms with Crippen molar-refractivity contribution in [1.82, 2.24) is 0 Å². The number of hydrogen-bond donors (Lipinski definition) is 1. The summed E-state index contributed by atoms with van der Waals surface area (Å²) >= 11 is 1.73. The maximum Gasteiger partial charge on any atom is 0.306 e. The largest absolute Gasteiger partial charge is 0.481 e. The van der Waals surface area contributed by atoms with Crippen LogP contribution in [0.1, 0.15) is 37.6 Å². The number of carbonyl (C=O) groups is 2. The molecule has 3 nitrogen and oxygen atoms in total. The zero-order chi connectivity index (χ0) is 13.7. The van der Waals surface area contributed by atoms with E-state index in [1.54, 1.807) is 30.8 Å². The molecule has 0 spiro atoms. The number of Topliss-reactive ketones (excluding diaryl/α,β-unsaturated/α-hetero) is 1. The molecular formula is C14H18O3S. The van der Waals surface area contributed by atoms with Crippen molar-refractivity contribution in [2.45, 2.75) is 37.3 Å². The van der Waals surface area contributed by atoms with Crippen molar-refractivity contribution in [2.75, 3.05) is 0 Å². The molecule has 0 saturated carbocycles. The lowest BCUT2D eigenvalue weighted by Crippen LogP contribution is -2.14. The molecule has 0 bridgehead atoms. The normalized spacial score (nSPS) is 12.4. The highest BCUT2D eigenvalue weighted by Crippen LogP contribution is 2.23. The molecule has 0 heterocycles. The minimum absolute atomic E-state index is 0.0476. The van der Waals surface area contributed by atoms with Gasteiger partial charge in [-0.05, 0) is 12.1 Å². The number of carboxylic acids is 1. The minimum atomic E-state index is -0.935. The fraction of sp³-hybridized carbons (Fsp3) is 0.429. The van der Waals surface area contributed by atoms with Crippen molar-refractivity contribution >= 4 is 23.5 Å². The van der Waals surface area contributed by atoms with Gasteiger partial charge in [-0.1, -0.05) is 32.9 Å². The molecule has 4 heteroatoms. The molecule has 0 aliphatic heterocycles. The van der Waals surface area contributed by atoms with E-state index in [-0.39, 0.29) is 12.2 Å². The first-order chi connectivity index (χ1) is 8.40. The van der Waals surface area contributed by atoms with Crippen molar-refractivity contribution in [3.05, 3.63) is 29.8 Å². The van der Waals surface area contributed by atoms with Crippen LogP contribution in [0.3, 0.4) is 0 Å². The van der Waals surface area contributed by atoms with Gasteiger partial charge in [0.2, 0.25) is 0 Å². The second-order valence-electron chi connectivity index (χ2n) is 4.56. The fourth-order valence-electron chi connectivity index (χ4n) is 1.47. The molecule has 0 radical (unpaired) electrons. The summed E-state index contributed by atoms with van der Waals surface area (Å²) in [5.41, 5.74) is 0.580. The molecular weight excluding hydrogens is 248 g/mol. The lowest BCUT2D eigenvalue weighted by atomic mass is 10.00. The number of aliphatic carboxylic acids is 1. The molecule has 0 aliphatic rings. The number of rotatable bonds is 6. The minimum Gasteiger partial charge on any atom is -0.481 e. The first-order valence-corrected chi connectivity index (χ1v) is 6.81. The molecule has 1 unspecified atom stereocenters. The average molecular weight is 266 g/mol. The highest BCUT2D eigenvalue weighted by atomic mass is 32.2. The van der Waals surface area contributed by atoms with Gasteiger partial charge in [-0.3, -0.25) is 9.59 Å². The predicted octanol–water partition coefficient (Wildman–Crippen LogP) is 3.48. The average Bonchev–Trinajstić information content (AvgIpc) is 2.28. The van der Waals surface area contributed by atoms with E-state index >= 15 is 0 Å². The lowest BCUT2D eigenvalue weighted by Gasteiger charge is -2.07. The monoisotopic (exact) mass is 266 g/mol. The van der Waals surface area contributed by atoms with E-state index in [0.717, 1.165) is 4.90 Å². The molecule has 1 atom stereocenters. The third-order valence-electron chi connectivity index (χ3n) is 2.46. The lowest BCUT2D eigenvalue weighted by molar-refractivity contribution is -0.141. The standard InChI is InChI=1S/C14H18O3S/c1-9(2)18-12-6-4-11(5-7-12)13(15)8-10(3)14(16)17/h4-7,9-10H,8H2,1-3H3,(H,16,17). The zero-order valence-corrected chi connectivity index (χ0v) is 11.7. The summed E-state index contributed by atoms with van der Waals surface area (Å²) < 4.78 is 0. The SMILES string of the molecule is CC(C)Sc1ccc(C(=O)CC(C)C(=O)O)cc1. The molecule has 0 fully saturated rings. The Labute approximate surface area is 112 Å². The maximum absolute atomic E-state index is 11.8. The van der Waals surface area contributed by atoms with Gasteiger partial charge in [-0.25, -0.2) is 0 Å². The van der Waals surface area contributed by atoms with Crippen molar-refractivity contribution in [3.63, 3.8) is 0 Å². The van der Waals surface area contributed by atoms with Gasteiger partial charge in [0.25, 0.3) is 0 Å². The Morgan fingerprint density at radius 1 is 1.17 bits per heavy atom. The van der Waals surface area contributed by atoms with E-state index in [9.17, 15) is 9.59 Å². The van der Waals surface area contributed by atoms with Crippen LogP contribution in [0.4, 0.5) is 0 Å². The van der Waals surface area contributed by atoms with Gasteiger partial charge in [0.05, 0.1) is 5.92 Å². The Hall–Kier alpha value is -1.29. The molecule has 1 N–H and O–H groups in total. The first kappa shape index (κ1) is 14.8. The Kier molecular flexibility index (Phi) is 5.41. The summed E-state index contributed by atoms with van der Waals surface area (Å²) in [6.07, 6.45) is 0.0476. The van der Waals surface area contributed by atoms with Crippen LogP contribution in [0.25, 0.3) is 0 Å². The van der Waals surface area contributed by atoms with E-state index in [4.69, 9.17) is 5.11 Å². The van der Waals surface area contributed by atoms with E-state index in [1.165, 1.54) is 0 Å². The van der Waals surface area contributed by atoms with Crippen LogP contribution in [0.5, 0.6) is 0 Å². The number of benzene rings is 1. The highest BCUT2D eigenvalue weighted by Gasteiger charge is 2.16. The smallest absolute Gasteiger partial charge is 0.306 e. The topological polar surface area (TPSA) is 54.4 Å². The molecule has 0 amide bonds. The fourth-order valence-corrected chi connectivity index (χ4v) is 2.31. The van der Waals surface area contributed by atoms with E-state index in [2.05, 4.69) is 13.8 Å². The second-order valence-corrected chi connectivity index (χ2v) is 6.21. The Balaban J connectivity index is 2.67. The molecule has 1 aromatic carbocycles. The number of carbonyl (C=O) groups excluding carboxylic acids is 1. The van der Waals surface area contributed by atoms with Crippen LogP contribution < -0.4 is 0 Å². The predicted molar refractivity (Wildman–Crippen MR) is 73.2 cm³/mol. The first-order valence-electron chi connectivity index (χ1n) is 5.93. The second kappa shape index (κ2) is 6.59. The number of hydrogen-bond acceptors (Lipinski definition) is 3. The molecule has 1 rings (SSSR count).